The van der Waals surface area contributed by atoms with E-state index in [0.717, 1.165) is 5.56 Å². The van der Waals surface area contributed by atoms with Gasteiger partial charge < -0.3 is 24.8 Å². The number of amides is 1. The topological polar surface area (TPSA) is 72.1 Å². The highest BCUT2D eigenvalue weighted by Gasteiger charge is 2.59. The molecule has 3 atom stereocenters. The predicted molar refractivity (Wildman–Crippen MR) is 134 cm³/mol. The standard InChI is InChI=1S/C26H24FN3O4S/c1-26-21(24(31)28-16-9-13-18(32-2)14-10-16)22(19-5-4-6-20(33-3)23(19)34-26)29-25(35)30(26)17-11-7-15(27)8-12-17/h4-14,21-22H,1-3H3,(H,28,31)(H,29,35)/t21-,22-,26-/m1/s1. The molecule has 5 rings (SSSR count). The van der Waals surface area contributed by atoms with E-state index < -0.39 is 17.7 Å². The zero-order valence-electron chi connectivity index (χ0n) is 19.4. The number of nitrogens with zero attached hydrogens (tertiary/aromatic N) is 1. The summed E-state index contributed by atoms with van der Waals surface area (Å²) in [5.74, 6) is 0.375. The second-order valence-electron chi connectivity index (χ2n) is 8.47. The molecule has 35 heavy (non-hydrogen) atoms. The number of para-hydroxylation sites is 1. The SMILES string of the molecule is COc1ccc(NC(=O)[C@H]2[C@@H]3NC(=S)N(c4ccc(F)cc4)[C@]2(C)Oc2c(OC)cccc23)cc1. The van der Waals surface area contributed by atoms with Crippen molar-refractivity contribution in [1.29, 1.82) is 0 Å². The van der Waals surface area contributed by atoms with Gasteiger partial charge in [0.15, 0.2) is 22.3 Å². The van der Waals surface area contributed by atoms with E-state index in [2.05, 4.69) is 10.6 Å². The lowest BCUT2D eigenvalue weighted by atomic mass is 9.78. The van der Waals surface area contributed by atoms with Gasteiger partial charge in [-0.3, -0.25) is 9.69 Å². The Morgan fingerprint density at radius 1 is 1.09 bits per heavy atom. The second-order valence-corrected chi connectivity index (χ2v) is 8.86. The van der Waals surface area contributed by atoms with Crippen LogP contribution in [0.4, 0.5) is 15.8 Å². The molecule has 1 amide bonds. The lowest BCUT2D eigenvalue weighted by Gasteiger charge is -2.56. The van der Waals surface area contributed by atoms with Crippen molar-refractivity contribution in [3.05, 3.63) is 78.1 Å². The largest absolute Gasteiger partial charge is 0.497 e. The molecule has 0 aromatic heterocycles. The summed E-state index contributed by atoms with van der Waals surface area (Å²) in [4.78, 5) is 15.5. The third kappa shape index (κ3) is 3.81. The molecular weight excluding hydrogens is 469 g/mol. The van der Waals surface area contributed by atoms with E-state index in [9.17, 15) is 9.18 Å². The van der Waals surface area contributed by atoms with Crippen molar-refractivity contribution in [2.75, 3.05) is 24.4 Å². The maximum absolute atomic E-state index is 13.8. The summed E-state index contributed by atoms with van der Waals surface area (Å²) in [5, 5.41) is 6.69. The van der Waals surface area contributed by atoms with E-state index in [4.69, 9.17) is 26.4 Å². The molecular formula is C26H24FN3O4S. The highest BCUT2D eigenvalue weighted by atomic mass is 32.1. The van der Waals surface area contributed by atoms with Crippen LogP contribution in [-0.2, 0) is 4.79 Å². The van der Waals surface area contributed by atoms with Crippen molar-refractivity contribution in [3.8, 4) is 17.2 Å². The lowest BCUT2D eigenvalue weighted by molar-refractivity contribution is -0.130. The number of carbonyl (C=O) groups is 1. The maximum Gasteiger partial charge on any atom is 0.236 e. The Bertz CT molecular complexity index is 1280. The molecule has 180 valence electrons. The van der Waals surface area contributed by atoms with Crippen LogP contribution in [0, 0.1) is 11.7 Å². The van der Waals surface area contributed by atoms with E-state index in [-0.39, 0.29) is 11.7 Å². The molecule has 3 aromatic rings. The van der Waals surface area contributed by atoms with Crippen molar-refractivity contribution in [2.45, 2.75) is 18.7 Å². The van der Waals surface area contributed by atoms with Gasteiger partial charge in [0.05, 0.1) is 20.3 Å². The highest BCUT2D eigenvalue weighted by molar-refractivity contribution is 7.80. The number of anilines is 2. The van der Waals surface area contributed by atoms with Crippen LogP contribution >= 0.6 is 12.2 Å². The minimum Gasteiger partial charge on any atom is -0.497 e. The lowest BCUT2D eigenvalue weighted by Crippen LogP contribution is -2.72. The van der Waals surface area contributed by atoms with Crippen molar-refractivity contribution in [3.63, 3.8) is 0 Å². The smallest absolute Gasteiger partial charge is 0.236 e. The van der Waals surface area contributed by atoms with Gasteiger partial charge in [0.1, 0.15) is 17.5 Å². The van der Waals surface area contributed by atoms with Gasteiger partial charge in [0, 0.05) is 16.9 Å². The normalized spacial score (nSPS) is 22.4. The first kappa shape index (κ1) is 22.9. The Hall–Kier alpha value is -3.85. The Labute approximate surface area is 207 Å². The summed E-state index contributed by atoms with van der Waals surface area (Å²) in [7, 11) is 3.15. The fraction of sp³-hybridized carbons (Fsp3) is 0.231. The van der Waals surface area contributed by atoms with Crippen molar-refractivity contribution in [2.24, 2.45) is 5.92 Å². The van der Waals surface area contributed by atoms with Crippen LogP contribution in [0.5, 0.6) is 17.2 Å². The predicted octanol–water partition coefficient (Wildman–Crippen LogP) is 4.64. The number of rotatable bonds is 5. The van der Waals surface area contributed by atoms with Gasteiger partial charge in [-0.2, -0.15) is 0 Å². The first-order valence-corrected chi connectivity index (χ1v) is 11.4. The van der Waals surface area contributed by atoms with Gasteiger partial charge in [0.25, 0.3) is 0 Å². The van der Waals surface area contributed by atoms with E-state index in [1.807, 2.05) is 19.1 Å². The molecule has 2 heterocycles. The summed E-state index contributed by atoms with van der Waals surface area (Å²) in [6.45, 7) is 1.81. The van der Waals surface area contributed by atoms with Crippen LogP contribution in [-0.4, -0.2) is 31.0 Å². The first-order chi connectivity index (χ1) is 16.9. The van der Waals surface area contributed by atoms with Crippen LogP contribution in [0.3, 0.4) is 0 Å². The first-order valence-electron chi connectivity index (χ1n) is 11.0. The number of hydrogen-bond acceptors (Lipinski definition) is 5. The van der Waals surface area contributed by atoms with Gasteiger partial charge in [-0.25, -0.2) is 4.39 Å². The minimum atomic E-state index is -1.25. The van der Waals surface area contributed by atoms with Gasteiger partial charge >= 0.3 is 0 Å². The molecule has 1 saturated heterocycles. The number of carbonyl (C=O) groups excluding carboxylic acids is 1. The average molecular weight is 494 g/mol. The highest BCUT2D eigenvalue weighted by Crippen LogP contribution is 2.52. The summed E-state index contributed by atoms with van der Waals surface area (Å²) < 4.78 is 31.1. The molecule has 1 fully saturated rings. The summed E-state index contributed by atoms with van der Waals surface area (Å²) in [5.41, 5.74) is 0.719. The third-order valence-corrected chi connectivity index (χ3v) is 6.73. The van der Waals surface area contributed by atoms with Crippen molar-refractivity contribution in [1.82, 2.24) is 5.32 Å². The zero-order chi connectivity index (χ0) is 24.7. The molecule has 9 heteroatoms. The number of benzene rings is 3. The maximum atomic E-state index is 13.8. The Balaban J connectivity index is 1.61. The fourth-order valence-electron chi connectivity index (χ4n) is 4.80. The Morgan fingerprint density at radius 3 is 2.46 bits per heavy atom. The third-order valence-electron chi connectivity index (χ3n) is 6.43. The second kappa shape index (κ2) is 8.74. The number of halogens is 1. The van der Waals surface area contributed by atoms with Gasteiger partial charge in [-0.15, -0.1) is 0 Å². The van der Waals surface area contributed by atoms with Gasteiger partial charge in [0.2, 0.25) is 5.91 Å². The molecule has 0 spiro atoms. The molecule has 0 saturated carbocycles. The van der Waals surface area contributed by atoms with Crippen LogP contribution in [0.25, 0.3) is 0 Å². The number of fused-ring (bicyclic) bond motifs is 4. The molecule has 0 aliphatic carbocycles. The van der Waals surface area contributed by atoms with E-state index in [1.165, 1.54) is 12.1 Å². The van der Waals surface area contributed by atoms with Crippen LogP contribution in [0.2, 0.25) is 0 Å². The number of methoxy groups -OCH3 is 2. The summed E-state index contributed by atoms with van der Waals surface area (Å²) in [6.07, 6.45) is 0. The molecule has 2 bridgehead atoms. The van der Waals surface area contributed by atoms with Gasteiger partial charge in [-0.1, -0.05) is 12.1 Å². The van der Waals surface area contributed by atoms with E-state index >= 15 is 0 Å². The molecule has 2 aliphatic rings. The Kier molecular flexibility index (Phi) is 5.72. The van der Waals surface area contributed by atoms with E-state index in [0.29, 0.717) is 33.7 Å². The van der Waals surface area contributed by atoms with E-state index in [1.54, 1.807) is 61.6 Å². The molecule has 7 nitrogen and oxygen atoms in total. The Morgan fingerprint density at radius 2 is 1.80 bits per heavy atom. The zero-order valence-corrected chi connectivity index (χ0v) is 20.2. The van der Waals surface area contributed by atoms with Crippen molar-refractivity contribution < 1.29 is 23.4 Å². The number of thiocarbonyl (C=S) groups is 1. The molecule has 2 N–H and O–H groups in total. The average Bonchev–Trinajstić information content (AvgIpc) is 2.84. The van der Waals surface area contributed by atoms with Crippen LogP contribution < -0.4 is 29.7 Å². The van der Waals surface area contributed by atoms with Crippen LogP contribution in [0.15, 0.2) is 66.7 Å². The molecule has 2 aliphatic heterocycles. The number of hydrogen-bond donors (Lipinski definition) is 2. The summed E-state index contributed by atoms with van der Waals surface area (Å²) in [6, 6.07) is 18.0. The number of ether oxygens (including phenoxy) is 3. The summed E-state index contributed by atoms with van der Waals surface area (Å²) >= 11 is 5.72. The minimum absolute atomic E-state index is 0.266. The molecule has 0 unspecified atom stereocenters. The quantitative estimate of drug-likeness (QED) is 0.502. The van der Waals surface area contributed by atoms with Gasteiger partial charge in [-0.05, 0) is 73.7 Å². The monoisotopic (exact) mass is 493 g/mol. The number of nitrogens with one attached hydrogen (secondary N) is 2. The fourth-order valence-corrected chi connectivity index (χ4v) is 5.22. The molecule has 3 aromatic carbocycles. The van der Waals surface area contributed by atoms with Crippen molar-refractivity contribution >= 4 is 34.6 Å². The molecule has 0 radical (unpaired) electrons. The van der Waals surface area contributed by atoms with Crippen LogP contribution in [0.1, 0.15) is 18.5 Å².